The number of halogens is 1. The average molecular weight is 302 g/mol. The van der Waals surface area contributed by atoms with Crippen molar-refractivity contribution in [1.29, 1.82) is 0 Å². The van der Waals surface area contributed by atoms with E-state index in [-0.39, 0.29) is 5.91 Å². The SMILES string of the molecule is CN(C)C(=O)c1ccn(-c2nnc(Cl)c3ccccc23)n1. The molecule has 3 aromatic rings. The van der Waals surface area contributed by atoms with Gasteiger partial charge in [-0.15, -0.1) is 10.2 Å². The van der Waals surface area contributed by atoms with Gasteiger partial charge in [-0.1, -0.05) is 35.9 Å². The Kier molecular flexibility index (Phi) is 3.31. The van der Waals surface area contributed by atoms with Crippen LogP contribution in [-0.2, 0) is 0 Å². The minimum absolute atomic E-state index is 0.167. The summed E-state index contributed by atoms with van der Waals surface area (Å²) in [6.07, 6.45) is 1.68. The Balaban J connectivity index is 2.14. The summed E-state index contributed by atoms with van der Waals surface area (Å²) in [6.45, 7) is 0. The first kappa shape index (κ1) is 13.5. The maximum Gasteiger partial charge on any atom is 0.273 e. The number of nitrogens with zero attached hydrogens (tertiary/aromatic N) is 5. The van der Waals surface area contributed by atoms with Gasteiger partial charge in [-0.2, -0.15) is 5.10 Å². The summed E-state index contributed by atoms with van der Waals surface area (Å²) in [5.74, 6) is 0.368. The fourth-order valence-electron chi connectivity index (χ4n) is 2.01. The first-order valence-corrected chi connectivity index (χ1v) is 6.64. The van der Waals surface area contributed by atoms with Crippen molar-refractivity contribution in [3.63, 3.8) is 0 Å². The monoisotopic (exact) mass is 301 g/mol. The highest BCUT2D eigenvalue weighted by atomic mass is 35.5. The highest BCUT2D eigenvalue weighted by Crippen LogP contribution is 2.24. The van der Waals surface area contributed by atoms with Crippen LogP contribution in [0, 0.1) is 0 Å². The van der Waals surface area contributed by atoms with Crippen LogP contribution in [0.25, 0.3) is 16.6 Å². The van der Waals surface area contributed by atoms with Crippen LogP contribution in [0.4, 0.5) is 0 Å². The molecule has 2 aromatic heterocycles. The van der Waals surface area contributed by atoms with Crippen LogP contribution in [0.5, 0.6) is 0 Å². The van der Waals surface area contributed by atoms with Crippen LogP contribution >= 0.6 is 11.6 Å². The molecule has 2 heterocycles. The molecule has 7 heteroatoms. The van der Waals surface area contributed by atoms with Crippen LogP contribution in [0.15, 0.2) is 36.5 Å². The van der Waals surface area contributed by atoms with Crippen molar-refractivity contribution in [2.24, 2.45) is 0 Å². The molecule has 0 unspecified atom stereocenters. The maximum atomic E-state index is 11.9. The predicted octanol–water partition coefficient (Wildman–Crippen LogP) is 2.17. The molecule has 0 radical (unpaired) electrons. The molecule has 0 saturated heterocycles. The van der Waals surface area contributed by atoms with E-state index in [1.165, 1.54) is 9.58 Å². The van der Waals surface area contributed by atoms with Crippen molar-refractivity contribution in [3.05, 3.63) is 47.4 Å². The number of fused-ring (bicyclic) bond motifs is 1. The zero-order valence-electron chi connectivity index (χ0n) is 11.5. The number of amides is 1. The van der Waals surface area contributed by atoms with Crippen molar-refractivity contribution in [1.82, 2.24) is 24.9 Å². The third-order valence-electron chi connectivity index (χ3n) is 3.05. The summed E-state index contributed by atoms with van der Waals surface area (Å²) in [7, 11) is 3.36. The van der Waals surface area contributed by atoms with Gasteiger partial charge in [-0.05, 0) is 6.07 Å². The molecular weight excluding hydrogens is 290 g/mol. The normalized spacial score (nSPS) is 10.8. The number of aromatic nitrogens is 4. The van der Waals surface area contributed by atoms with Gasteiger partial charge in [0.2, 0.25) is 0 Å². The van der Waals surface area contributed by atoms with Gasteiger partial charge < -0.3 is 4.90 Å². The molecule has 0 bridgehead atoms. The smallest absolute Gasteiger partial charge is 0.273 e. The van der Waals surface area contributed by atoms with E-state index in [9.17, 15) is 4.79 Å². The van der Waals surface area contributed by atoms with Crippen molar-refractivity contribution < 1.29 is 4.79 Å². The lowest BCUT2D eigenvalue weighted by Crippen LogP contribution is -2.22. The topological polar surface area (TPSA) is 63.9 Å². The van der Waals surface area contributed by atoms with Gasteiger partial charge in [-0.25, -0.2) is 4.68 Å². The summed E-state index contributed by atoms with van der Waals surface area (Å²) >= 11 is 6.05. The molecule has 0 aliphatic heterocycles. The van der Waals surface area contributed by atoms with Gasteiger partial charge in [-0.3, -0.25) is 4.79 Å². The van der Waals surface area contributed by atoms with Crippen molar-refractivity contribution >= 4 is 28.3 Å². The zero-order valence-corrected chi connectivity index (χ0v) is 12.2. The first-order valence-electron chi connectivity index (χ1n) is 6.26. The maximum absolute atomic E-state index is 11.9. The molecule has 21 heavy (non-hydrogen) atoms. The largest absolute Gasteiger partial charge is 0.343 e. The van der Waals surface area contributed by atoms with E-state index in [0.717, 1.165) is 10.8 Å². The second kappa shape index (κ2) is 5.14. The van der Waals surface area contributed by atoms with E-state index >= 15 is 0 Å². The molecule has 1 amide bonds. The molecule has 0 spiro atoms. The lowest BCUT2D eigenvalue weighted by molar-refractivity contribution is 0.0821. The van der Waals surface area contributed by atoms with Gasteiger partial charge in [0, 0.05) is 31.1 Å². The third kappa shape index (κ3) is 2.34. The zero-order chi connectivity index (χ0) is 15.0. The minimum atomic E-state index is -0.167. The van der Waals surface area contributed by atoms with E-state index < -0.39 is 0 Å². The lowest BCUT2D eigenvalue weighted by Gasteiger charge is -2.07. The molecule has 0 N–H and O–H groups in total. The van der Waals surface area contributed by atoms with Gasteiger partial charge in [0.15, 0.2) is 16.7 Å². The fraction of sp³-hybridized carbons (Fsp3) is 0.143. The van der Waals surface area contributed by atoms with Crippen LogP contribution in [0.2, 0.25) is 5.15 Å². The summed E-state index contributed by atoms with van der Waals surface area (Å²) in [6, 6.07) is 9.17. The van der Waals surface area contributed by atoms with Crippen LogP contribution in [0.1, 0.15) is 10.5 Å². The Morgan fingerprint density at radius 2 is 1.86 bits per heavy atom. The number of hydrogen-bond acceptors (Lipinski definition) is 4. The molecule has 3 rings (SSSR count). The number of rotatable bonds is 2. The molecule has 0 saturated carbocycles. The second-order valence-electron chi connectivity index (χ2n) is 4.71. The molecule has 0 fully saturated rings. The standard InChI is InChI=1S/C14H12ClN5O/c1-19(2)14(21)11-7-8-20(18-11)13-10-6-4-3-5-9(10)12(15)16-17-13/h3-8H,1-2H3. The average Bonchev–Trinajstić information content (AvgIpc) is 2.96. The van der Waals surface area contributed by atoms with Crippen LogP contribution < -0.4 is 0 Å². The quantitative estimate of drug-likeness (QED) is 0.727. The van der Waals surface area contributed by atoms with E-state index in [1.807, 2.05) is 24.3 Å². The number of carbonyl (C=O) groups excluding carboxylic acids is 1. The number of hydrogen-bond donors (Lipinski definition) is 0. The minimum Gasteiger partial charge on any atom is -0.343 e. The Hall–Kier alpha value is -2.47. The van der Waals surface area contributed by atoms with Crippen LogP contribution in [-0.4, -0.2) is 44.9 Å². The molecule has 106 valence electrons. The number of benzene rings is 1. The highest BCUT2D eigenvalue weighted by molar-refractivity contribution is 6.34. The van der Waals surface area contributed by atoms with Crippen LogP contribution in [0.3, 0.4) is 0 Å². The van der Waals surface area contributed by atoms with Gasteiger partial charge in [0.1, 0.15) is 0 Å². The Morgan fingerprint density at radius 1 is 1.14 bits per heavy atom. The Morgan fingerprint density at radius 3 is 2.57 bits per heavy atom. The van der Waals surface area contributed by atoms with E-state index in [1.54, 1.807) is 26.4 Å². The van der Waals surface area contributed by atoms with E-state index in [2.05, 4.69) is 15.3 Å². The third-order valence-corrected chi connectivity index (χ3v) is 3.33. The van der Waals surface area contributed by atoms with Gasteiger partial charge >= 0.3 is 0 Å². The first-order chi connectivity index (χ1) is 10.1. The van der Waals surface area contributed by atoms with Crippen molar-refractivity contribution in [3.8, 4) is 5.82 Å². The highest BCUT2D eigenvalue weighted by Gasteiger charge is 2.14. The van der Waals surface area contributed by atoms with E-state index in [4.69, 9.17) is 11.6 Å². The Bertz CT molecular complexity index is 827. The van der Waals surface area contributed by atoms with Crippen molar-refractivity contribution in [2.75, 3.05) is 14.1 Å². The van der Waals surface area contributed by atoms with Gasteiger partial charge in [0.25, 0.3) is 5.91 Å². The summed E-state index contributed by atoms with van der Waals surface area (Å²) in [5, 5.41) is 14.2. The number of carbonyl (C=O) groups is 1. The molecular formula is C14H12ClN5O. The molecule has 6 nitrogen and oxygen atoms in total. The predicted molar refractivity (Wildman–Crippen MR) is 79.7 cm³/mol. The summed E-state index contributed by atoms with van der Waals surface area (Å²) in [4.78, 5) is 13.4. The Labute approximate surface area is 126 Å². The molecule has 0 aliphatic carbocycles. The molecule has 0 aliphatic rings. The fourth-order valence-corrected chi connectivity index (χ4v) is 2.21. The molecule has 0 atom stereocenters. The molecule has 1 aromatic carbocycles. The van der Waals surface area contributed by atoms with Crippen molar-refractivity contribution in [2.45, 2.75) is 0 Å². The van der Waals surface area contributed by atoms with Gasteiger partial charge in [0.05, 0.1) is 0 Å². The van der Waals surface area contributed by atoms with E-state index in [0.29, 0.717) is 16.7 Å². The lowest BCUT2D eigenvalue weighted by atomic mass is 10.2. The summed E-state index contributed by atoms with van der Waals surface area (Å²) < 4.78 is 1.53. The summed E-state index contributed by atoms with van der Waals surface area (Å²) in [5.41, 5.74) is 0.348. The second-order valence-corrected chi connectivity index (χ2v) is 5.06.